The predicted molar refractivity (Wildman–Crippen MR) is 133 cm³/mol. The van der Waals surface area contributed by atoms with E-state index in [1.165, 1.54) is 12.4 Å². The van der Waals surface area contributed by atoms with Crippen LogP contribution in [0.1, 0.15) is 10.4 Å². The Bertz CT molecular complexity index is 1410. The third-order valence-electron chi connectivity index (χ3n) is 6.01. The lowest BCUT2D eigenvalue weighted by Crippen LogP contribution is -2.44. The summed E-state index contributed by atoms with van der Waals surface area (Å²) in [6.07, 6.45) is 2.87. The number of carbonyl (C=O) groups excluding carboxylic acids is 1. The average molecular weight is 456 g/mol. The number of rotatable bonds is 5. The molecule has 9 heteroatoms. The summed E-state index contributed by atoms with van der Waals surface area (Å²) in [5.74, 6) is -0.446. The molecule has 2 aromatic heterocycles. The first-order chi connectivity index (χ1) is 16.5. The van der Waals surface area contributed by atoms with Gasteiger partial charge < -0.3 is 25.4 Å². The van der Waals surface area contributed by atoms with E-state index in [0.29, 0.717) is 11.6 Å². The monoisotopic (exact) mass is 455 g/mol. The molecular formula is C25H25N7O2. The summed E-state index contributed by atoms with van der Waals surface area (Å²) in [5, 5.41) is 3.47. The van der Waals surface area contributed by atoms with Gasteiger partial charge in [0.2, 0.25) is 11.4 Å². The number of nitrogens with two attached hydrogens (primary N) is 1. The molecule has 0 bridgehead atoms. The van der Waals surface area contributed by atoms with Crippen molar-refractivity contribution in [3.05, 3.63) is 82.8 Å². The number of aromatic nitrogens is 3. The van der Waals surface area contributed by atoms with E-state index in [1.54, 1.807) is 4.57 Å². The Labute approximate surface area is 196 Å². The fourth-order valence-corrected chi connectivity index (χ4v) is 4.11. The van der Waals surface area contributed by atoms with Crippen LogP contribution < -0.4 is 21.4 Å². The van der Waals surface area contributed by atoms with Crippen molar-refractivity contribution in [3.8, 4) is 5.69 Å². The number of benzene rings is 2. The van der Waals surface area contributed by atoms with Gasteiger partial charge in [0.05, 0.1) is 5.39 Å². The molecular weight excluding hydrogens is 430 g/mol. The Morgan fingerprint density at radius 2 is 1.74 bits per heavy atom. The lowest BCUT2D eigenvalue weighted by atomic mass is 10.2. The van der Waals surface area contributed by atoms with Gasteiger partial charge in [-0.15, -0.1) is 0 Å². The average Bonchev–Trinajstić information content (AvgIpc) is 2.85. The molecule has 0 atom stereocenters. The van der Waals surface area contributed by atoms with E-state index in [-0.39, 0.29) is 10.9 Å². The fraction of sp³-hybridized carbons (Fsp3) is 0.200. The number of amides is 1. The Kier molecular flexibility index (Phi) is 5.69. The second-order valence-corrected chi connectivity index (χ2v) is 8.34. The van der Waals surface area contributed by atoms with Crippen molar-refractivity contribution in [2.24, 2.45) is 5.73 Å². The van der Waals surface area contributed by atoms with Crippen LogP contribution in [0.25, 0.3) is 16.7 Å². The highest BCUT2D eigenvalue weighted by atomic mass is 16.2. The first-order valence-corrected chi connectivity index (χ1v) is 11.1. The summed E-state index contributed by atoms with van der Waals surface area (Å²) in [6.45, 7) is 3.99. The van der Waals surface area contributed by atoms with Crippen molar-refractivity contribution >= 4 is 34.3 Å². The Balaban J connectivity index is 1.53. The molecule has 34 heavy (non-hydrogen) atoms. The topological polar surface area (TPSA) is 109 Å². The molecule has 1 fully saturated rings. The molecule has 2 aromatic carbocycles. The van der Waals surface area contributed by atoms with Crippen LogP contribution in [0.15, 0.2) is 71.8 Å². The lowest BCUT2D eigenvalue weighted by molar-refractivity contribution is 0.0999. The smallest absolute Gasteiger partial charge is 0.254 e. The SMILES string of the molecule is CN1CCN(c2cccc(Nc3ncc4c(=O)c(C(N)=O)cn(-c5ccccc5)c4n3)c2)CC1. The van der Waals surface area contributed by atoms with Gasteiger partial charge in [-0.25, -0.2) is 4.98 Å². The van der Waals surface area contributed by atoms with Crippen LogP contribution in [0.5, 0.6) is 0 Å². The minimum absolute atomic E-state index is 0.111. The zero-order valence-corrected chi connectivity index (χ0v) is 18.8. The quantitative estimate of drug-likeness (QED) is 0.475. The first kappa shape index (κ1) is 21.6. The standard InChI is InChI=1S/C25H25N7O2/c1-30-10-12-31(13-11-30)19-9-5-6-17(14-19)28-25-27-15-20-22(33)21(23(26)34)16-32(24(20)29-25)18-7-3-2-4-8-18/h2-9,14-16H,10-13H2,1H3,(H2,26,34)(H,27,28,29). The molecule has 1 aliphatic heterocycles. The molecule has 9 nitrogen and oxygen atoms in total. The van der Waals surface area contributed by atoms with Crippen molar-refractivity contribution in [3.63, 3.8) is 0 Å². The maximum absolute atomic E-state index is 12.8. The molecule has 0 saturated carbocycles. The summed E-state index contributed by atoms with van der Waals surface area (Å²) in [4.78, 5) is 38.4. The number of likely N-dealkylation sites (N-methyl/N-ethyl adjacent to an activating group) is 1. The number of pyridine rings is 1. The van der Waals surface area contributed by atoms with E-state index in [4.69, 9.17) is 5.73 Å². The molecule has 0 aliphatic carbocycles. The van der Waals surface area contributed by atoms with E-state index >= 15 is 0 Å². The number of anilines is 3. The molecule has 1 saturated heterocycles. The highest BCUT2D eigenvalue weighted by Crippen LogP contribution is 2.23. The molecule has 5 rings (SSSR count). The van der Waals surface area contributed by atoms with Gasteiger partial charge in [-0.05, 0) is 37.4 Å². The Morgan fingerprint density at radius 3 is 2.47 bits per heavy atom. The summed E-state index contributed by atoms with van der Waals surface area (Å²) in [7, 11) is 2.13. The minimum Gasteiger partial charge on any atom is -0.369 e. The van der Waals surface area contributed by atoms with E-state index in [1.807, 2.05) is 42.5 Å². The highest BCUT2D eigenvalue weighted by molar-refractivity contribution is 5.96. The van der Waals surface area contributed by atoms with Crippen molar-refractivity contribution in [2.45, 2.75) is 0 Å². The number of carbonyl (C=O) groups is 1. The van der Waals surface area contributed by atoms with Crippen molar-refractivity contribution < 1.29 is 4.79 Å². The third kappa shape index (κ3) is 4.20. The van der Waals surface area contributed by atoms with Gasteiger partial charge in [-0.2, -0.15) is 4.98 Å². The van der Waals surface area contributed by atoms with Crippen molar-refractivity contribution in [1.82, 2.24) is 19.4 Å². The number of hydrogen-bond donors (Lipinski definition) is 2. The molecule has 172 valence electrons. The Morgan fingerprint density at radius 1 is 1.00 bits per heavy atom. The van der Waals surface area contributed by atoms with Gasteiger partial charge in [0.1, 0.15) is 5.56 Å². The molecule has 1 aliphatic rings. The van der Waals surface area contributed by atoms with Crippen LogP contribution >= 0.6 is 0 Å². The number of fused-ring (bicyclic) bond motifs is 1. The molecule has 0 spiro atoms. The van der Waals surface area contributed by atoms with Gasteiger partial charge in [-0.3, -0.25) is 9.59 Å². The zero-order chi connectivity index (χ0) is 23.7. The minimum atomic E-state index is -0.792. The van der Waals surface area contributed by atoms with Gasteiger partial charge in [0, 0.05) is 55.6 Å². The molecule has 0 unspecified atom stereocenters. The normalized spacial score (nSPS) is 14.3. The molecule has 1 amide bonds. The zero-order valence-electron chi connectivity index (χ0n) is 18.8. The van der Waals surface area contributed by atoms with Crippen LogP contribution in [0, 0.1) is 0 Å². The summed E-state index contributed by atoms with van der Waals surface area (Å²) >= 11 is 0. The van der Waals surface area contributed by atoms with E-state index in [9.17, 15) is 9.59 Å². The number of piperazine rings is 1. The van der Waals surface area contributed by atoms with Gasteiger partial charge in [0.25, 0.3) is 5.91 Å². The molecule has 0 radical (unpaired) electrons. The van der Waals surface area contributed by atoms with Crippen molar-refractivity contribution in [1.29, 1.82) is 0 Å². The summed E-state index contributed by atoms with van der Waals surface area (Å²) < 4.78 is 1.68. The lowest BCUT2D eigenvalue weighted by Gasteiger charge is -2.34. The van der Waals surface area contributed by atoms with E-state index < -0.39 is 11.3 Å². The molecule has 3 heterocycles. The van der Waals surface area contributed by atoms with Gasteiger partial charge in [0.15, 0.2) is 5.65 Å². The first-order valence-electron chi connectivity index (χ1n) is 11.1. The number of nitrogens with zero attached hydrogens (tertiary/aromatic N) is 5. The summed E-state index contributed by atoms with van der Waals surface area (Å²) in [5.41, 5.74) is 7.96. The molecule has 4 aromatic rings. The summed E-state index contributed by atoms with van der Waals surface area (Å²) in [6, 6.07) is 17.5. The number of hydrogen-bond acceptors (Lipinski definition) is 7. The predicted octanol–water partition coefficient (Wildman–Crippen LogP) is 2.38. The van der Waals surface area contributed by atoms with Crippen LogP contribution in [0.3, 0.4) is 0 Å². The maximum Gasteiger partial charge on any atom is 0.254 e. The van der Waals surface area contributed by atoms with Crippen LogP contribution in [0.2, 0.25) is 0 Å². The third-order valence-corrected chi connectivity index (χ3v) is 6.01. The van der Waals surface area contributed by atoms with Crippen LogP contribution in [-0.4, -0.2) is 58.6 Å². The highest BCUT2D eigenvalue weighted by Gasteiger charge is 2.17. The van der Waals surface area contributed by atoms with Gasteiger partial charge in [-0.1, -0.05) is 24.3 Å². The van der Waals surface area contributed by atoms with Crippen LogP contribution in [-0.2, 0) is 0 Å². The Hall–Kier alpha value is -4.24. The fourth-order valence-electron chi connectivity index (χ4n) is 4.11. The molecule has 3 N–H and O–H groups in total. The van der Waals surface area contributed by atoms with Gasteiger partial charge >= 0.3 is 0 Å². The van der Waals surface area contributed by atoms with Crippen LogP contribution in [0.4, 0.5) is 17.3 Å². The second-order valence-electron chi connectivity index (χ2n) is 8.34. The maximum atomic E-state index is 12.8. The van der Waals surface area contributed by atoms with E-state index in [0.717, 1.165) is 43.2 Å². The second kappa shape index (κ2) is 8.95. The number of nitrogens with one attached hydrogen (secondary N) is 1. The number of primary amides is 1. The number of para-hydroxylation sites is 1. The van der Waals surface area contributed by atoms with E-state index in [2.05, 4.69) is 44.3 Å². The van der Waals surface area contributed by atoms with Crippen molar-refractivity contribution in [2.75, 3.05) is 43.4 Å². The largest absolute Gasteiger partial charge is 0.369 e.